The Balaban J connectivity index is 0.00000280. The number of hydrogen-bond acceptors (Lipinski definition) is 4. The maximum atomic E-state index is 6.05. The Morgan fingerprint density at radius 2 is 2.18 bits per heavy atom. The minimum Gasteiger partial charge on any atom is -0.481 e. The lowest BCUT2D eigenvalue weighted by atomic mass is 10.0. The molecule has 6 nitrogen and oxygen atoms in total. The van der Waals surface area contributed by atoms with Gasteiger partial charge in [0.25, 0.3) is 0 Å². The van der Waals surface area contributed by atoms with E-state index in [9.17, 15) is 0 Å². The van der Waals surface area contributed by atoms with Gasteiger partial charge in [-0.05, 0) is 36.6 Å². The molecule has 1 N–H and O–H groups in total. The first-order chi connectivity index (χ1) is 13.2. The number of guanidine groups is 1. The van der Waals surface area contributed by atoms with Crippen LogP contribution in [0.25, 0.3) is 0 Å². The van der Waals surface area contributed by atoms with Crippen molar-refractivity contribution in [2.45, 2.75) is 26.5 Å². The van der Waals surface area contributed by atoms with Gasteiger partial charge in [-0.25, -0.2) is 9.98 Å². The van der Waals surface area contributed by atoms with Crippen molar-refractivity contribution < 1.29 is 9.47 Å². The van der Waals surface area contributed by atoms with Gasteiger partial charge in [-0.15, -0.1) is 24.0 Å². The largest absolute Gasteiger partial charge is 0.481 e. The summed E-state index contributed by atoms with van der Waals surface area (Å²) in [5.74, 6) is 1.52. The predicted molar refractivity (Wildman–Crippen MR) is 122 cm³/mol. The standard InChI is InChI=1S/C21H28N4O2.HI/c1-4-22-21(24-14-17-9-10-23-20(13-17)26-3)25-11-12-27-19(15-25)18-8-6-5-7-16(18)2;/h5-10,13,19H,4,11-12,14-15H2,1-3H3,(H,22,24);1H. The Labute approximate surface area is 184 Å². The highest BCUT2D eigenvalue weighted by molar-refractivity contribution is 14.0. The van der Waals surface area contributed by atoms with E-state index in [1.165, 1.54) is 11.1 Å². The average Bonchev–Trinajstić information content (AvgIpc) is 2.71. The predicted octanol–water partition coefficient (Wildman–Crippen LogP) is 3.56. The first-order valence-corrected chi connectivity index (χ1v) is 9.40. The molecule has 1 unspecified atom stereocenters. The number of aliphatic imine (C=N–C) groups is 1. The average molecular weight is 496 g/mol. The van der Waals surface area contributed by atoms with Gasteiger partial charge in [0.05, 0.1) is 26.8 Å². The number of nitrogens with one attached hydrogen (secondary N) is 1. The number of methoxy groups -OCH3 is 1. The van der Waals surface area contributed by atoms with Crippen LogP contribution in [0, 0.1) is 6.92 Å². The third-order valence-corrected chi connectivity index (χ3v) is 4.66. The zero-order chi connectivity index (χ0) is 19.1. The fourth-order valence-corrected chi connectivity index (χ4v) is 3.23. The van der Waals surface area contributed by atoms with E-state index in [0.29, 0.717) is 19.0 Å². The molecule has 0 amide bonds. The van der Waals surface area contributed by atoms with Crippen molar-refractivity contribution in [3.05, 3.63) is 59.3 Å². The van der Waals surface area contributed by atoms with Crippen LogP contribution in [-0.4, -0.2) is 49.2 Å². The Morgan fingerprint density at radius 1 is 1.36 bits per heavy atom. The van der Waals surface area contributed by atoms with Crippen LogP contribution in [0.5, 0.6) is 5.88 Å². The number of halogens is 1. The van der Waals surface area contributed by atoms with E-state index in [2.05, 4.69) is 53.3 Å². The Hall–Kier alpha value is -1.87. The minimum atomic E-state index is 0. The van der Waals surface area contributed by atoms with E-state index in [1.54, 1.807) is 13.3 Å². The molecule has 2 heterocycles. The van der Waals surface area contributed by atoms with Gasteiger partial charge in [-0.2, -0.15) is 0 Å². The first-order valence-electron chi connectivity index (χ1n) is 9.40. The fourth-order valence-electron chi connectivity index (χ4n) is 3.23. The number of aromatic nitrogens is 1. The molecule has 0 radical (unpaired) electrons. The molecule has 1 fully saturated rings. The number of benzene rings is 1. The SMILES string of the molecule is CCNC(=NCc1ccnc(OC)c1)N1CCOC(c2ccccc2C)C1.I. The molecule has 1 aliphatic heterocycles. The molecule has 28 heavy (non-hydrogen) atoms. The van der Waals surface area contributed by atoms with Crippen molar-refractivity contribution >= 4 is 29.9 Å². The molecular weight excluding hydrogens is 467 g/mol. The van der Waals surface area contributed by atoms with E-state index < -0.39 is 0 Å². The maximum absolute atomic E-state index is 6.05. The molecule has 3 rings (SSSR count). The van der Waals surface area contributed by atoms with Crippen LogP contribution in [0.4, 0.5) is 0 Å². The number of ether oxygens (including phenoxy) is 2. The van der Waals surface area contributed by atoms with E-state index in [-0.39, 0.29) is 30.1 Å². The summed E-state index contributed by atoms with van der Waals surface area (Å²) in [5.41, 5.74) is 3.58. The molecule has 2 aromatic rings. The number of nitrogens with zero attached hydrogens (tertiary/aromatic N) is 3. The Morgan fingerprint density at radius 3 is 2.93 bits per heavy atom. The summed E-state index contributed by atoms with van der Waals surface area (Å²) in [4.78, 5) is 11.3. The molecule has 1 aromatic heterocycles. The second kappa shape index (κ2) is 11.2. The third-order valence-electron chi connectivity index (χ3n) is 4.66. The van der Waals surface area contributed by atoms with Gasteiger partial charge in [-0.3, -0.25) is 0 Å². The van der Waals surface area contributed by atoms with Crippen molar-refractivity contribution in [1.29, 1.82) is 0 Å². The zero-order valence-corrected chi connectivity index (χ0v) is 19.1. The van der Waals surface area contributed by atoms with E-state index in [1.807, 2.05) is 12.1 Å². The number of pyridine rings is 1. The van der Waals surface area contributed by atoms with Crippen molar-refractivity contribution in [3.8, 4) is 5.88 Å². The Bertz CT molecular complexity index is 785. The molecule has 0 aliphatic carbocycles. The van der Waals surface area contributed by atoms with E-state index >= 15 is 0 Å². The summed E-state index contributed by atoms with van der Waals surface area (Å²) in [6.07, 6.45) is 1.81. The second-order valence-electron chi connectivity index (χ2n) is 6.54. The van der Waals surface area contributed by atoms with Crippen LogP contribution >= 0.6 is 24.0 Å². The topological polar surface area (TPSA) is 59.0 Å². The molecular formula is C21H29IN4O2. The van der Waals surface area contributed by atoms with E-state index in [4.69, 9.17) is 14.5 Å². The van der Waals surface area contributed by atoms with Gasteiger partial charge in [0.1, 0.15) is 6.10 Å². The van der Waals surface area contributed by atoms with Crippen LogP contribution < -0.4 is 10.1 Å². The van der Waals surface area contributed by atoms with Crippen LogP contribution in [0.1, 0.15) is 29.7 Å². The number of aryl methyl sites for hydroxylation is 1. The first kappa shape index (κ1) is 22.4. The lowest BCUT2D eigenvalue weighted by Gasteiger charge is -2.35. The van der Waals surface area contributed by atoms with Gasteiger partial charge in [0.2, 0.25) is 5.88 Å². The molecule has 0 spiro atoms. The highest BCUT2D eigenvalue weighted by Gasteiger charge is 2.25. The smallest absolute Gasteiger partial charge is 0.213 e. The second-order valence-corrected chi connectivity index (χ2v) is 6.54. The highest BCUT2D eigenvalue weighted by atomic mass is 127. The molecule has 1 aromatic carbocycles. The van der Waals surface area contributed by atoms with Gasteiger partial charge >= 0.3 is 0 Å². The molecule has 0 saturated carbocycles. The van der Waals surface area contributed by atoms with Crippen molar-refractivity contribution in [1.82, 2.24) is 15.2 Å². The molecule has 152 valence electrons. The fraction of sp³-hybridized carbons (Fsp3) is 0.429. The molecule has 7 heteroatoms. The molecule has 1 saturated heterocycles. The van der Waals surface area contributed by atoms with E-state index in [0.717, 1.165) is 31.2 Å². The quantitative estimate of drug-likeness (QED) is 0.390. The van der Waals surface area contributed by atoms with Crippen LogP contribution in [0.3, 0.4) is 0 Å². The van der Waals surface area contributed by atoms with Gasteiger partial charge < -0.3 is 19.7 Å². The van der Waals surface area contributed by atoms with Gasteiger partial charge in [-0.1, -0.05) is 24.3 Å². The molecule has 0 bridgehead atoms. The summed E-state index contributed by atoms with van der Waals surface area (Å²) in [5, 5.41) is 3.41. The van der Waals surface area contributed by atoms with Crippen LogP contribution in [-0.2, 0) is 11.3 Å². The third kappa shape index (κ3) is 5.81. The lowest BCUT2D eigenvalue weighted by molar-refractivity contribution is -0.00834. The lowest BCUT2D eigenvalue weighted by Crippen LogP contribution is -2.48. The highest BCUT2D eigenvalue weighted by Crippen LogP contribution is 2.25. The number of hydrogen-bond donors (Lipinski definition) is 1. The summed E-state index contributed by atoms with van der Waals surface area (Å²) < 4.78 is 11.2. The summed E-state index contributed by atoms with van der Waals surface area (Å²) in [6, 6.07) is 12.3. The monoisotopic (exact) mass is 496 g/mol. The van der Waals surface area contributed by atoms with Gasteiger partial charge in [0, 0.05) is 25.4 Å². The summed E-state index contributed by atoms with van der Waals surface area (Å²) >= 11 is 0. The Kier molecular flexibility index (Phi) is 8.98. The van der Waals surface area contributed by atoms with Gasteiger partial charge in [0.15, 0.2) is 5.96 Å². The maximum Gasteiger partial charge on any atom is 0.213 e. The zero-order valence-electron chi connectivity index (χ0n) is 16.7. The normalized spacial score (nSPS) is 17.0. The number of rotatable bonds is 5. The van der Waals surface area contributed by atoms with Crippen LogP contribution in [0.2, 0.25) is 0 Å². The van der Waals surface area contributed by atoms with Crippen LogP contribution in [0.15, 0.2) is 47.6 Å². The van der Waals surface area contributed by atoms with Crippen molar-refractivity contribution in [2.24, 2.45) is 4.99 Å². The molecule has 1 atom stereocenters. The minimum absolute atomic E-state index is 0. The summed E-state index contributed by atoms with van der Waals surface area (Å²) in [6.45, 7) is 7.92. The summed E-state index contributed by atoms with van der Waals surface area (Å²) in [7, 11) is 1.62. The van der Waals surface area contributed by atoms with Crippen molar-refractivity contribution in [2.75, 3.05) is 33.4 Å². The van der Waals surface area contributed by atoms with Crippen molar-refractivity contribution in [3.63, 3.8) is 0 Å². The number of morpholine rings is 1. The molecule has 1 aliphatic rings.